The monoisotopic (exact) mass is 333 g/mol. The lowest BCUT2D eigenvalue weighted by atomic mass is 9.86. The minimum absolute atomic E-state index is 0.218. The molecule has 2 nitrogen and oxygen atoms in total. The molecule has 0 heterocycles. The van der Waals surface area contributed by atoms with Crippen molar-refractivity contribution in [2.24, 2.45) is 11.8 Å². The molecule has 0 amide bonds. The Bertz CT molecular complexity index is 409. The van der Waals surface area contributed by atoms with Crippen molar-refractivity contribution in [3.8, 4) is 5.75 Å². The van der Waals surface area contributed by atoms with Crippen LogP contribution in [0.25, 0.3) is 0 Å². The Labute approximate surface area is 123 Å². The molecule has 4 heteroatoms. The number of hydrogen-bond donors (Lipinski definition) is 1. The second kappa shape index (κ2) is 6.78. The van der Waals surface area contributed by atoms with E-state index in [4.69, 9.17) is 16.3 Å². The maximum atomic E-state index is 6.15. The molecule has 0 saturated heterocycles. The van der Waals surface area contributed by atoms with Crippen LogP contribution in [0.4, 0.5) is 0 Å². The van der Waals surface area contributed by atoms with E-state index in [1.165, 1.54) is 0 Å². The Morgan fingerprint density at radius 2 is 1.89 bits per heavy atom. The fourth-order valence-corrected chi connectivity index (χ4v) is 3.11. The summed E-state index contributed by atoms with van der Waals surface area (Å²) in [7, 11) is 3.65. The van der Waals surface area contributed by atoms with Crippen molar-refractivity contribution in [3.63, 3.8) is 0 Å². The summed E-state index contributed by atoms with van der Waals surface area (Å²) >= 11 is 9.66. The van der Waals surface area contributed by atoms with E-state index in [0.29, 0.717) is 16.9 Å². The quantitative estimate of drug-likeness (QED) is 0.845. The van der Waals surface area contributed by atoms with E-state index in [2.05, 4.69) is 42.0 Å². The molecule has 0 saturated carbocycles. The van der Waals surface area contributed by atoms with Crippen LogP contribution in [-0.2, 0) is 0 Å². The molecule has 0 aliphatic carbocycles. The van der Waals surface area contributed by atoms with Crippen LogP contribution in [-0.4, -0.2) is 14.2 Å². The number of ether oxygens (including phenoxy) is 1. The molecule has 0 fully saturated rings. The summed E-state index contributed by atoms with van der Waals surface area (Å²) in [5.41, 5.74) is 1.10. The van der Waals surface area contributed by atoms with E-state index >= 15 is 0 Å². The SMILES string of the molecule is CNC(c1cc(Cl)cc(Br)c1OC)C(C)C(C)C. The van der Waals surface area contributed by atoms with Gasteiger partial charge in [-0.25, -0.2) is 0 Å². The van der Waals surface area contributed by atoms with Gasteiger partial charge in [0.25, 0.3) is 0 Å². The standard InChI is InChI=1S/C14H21BrClNO/c1-8(2)9(3)13(17-4)11-6-10(16)7-12(15)14(11)18-5/h6-9,13,17H,1-5H3. The summed E-state index contributed by atoms with van der Waals surface area (Å²) in [5, 5.41) is 4.09. The maximum Gasteiger partial charge on any atom is 0.137 e. The zero-order valence-electron chi connectivity index (χ0n) is 11.6. The van der Waals surface area contributed by atoms with Gasteiger partial charge in [0, 0.05) is 16.6 Å². The molecule has 1 aromatic rings. The summed E-state index contributed by atoms with van der Waals surface area (Å²) in [6.07, 6.45) is 0. The first kappa shape index (κ1) is 15.8. The molecule has 0 aliphatic rings. The fraction of sp³-hybridized carbons (Fsp3) is 0.571. The molecule has 2 unspecified atom stereocenters. The highest BCUT2D eigenvalue weighted by Gasteiger charge is 2.25. The second-order valence-corrected chi connectivity index (χ2v) is 6.17. The van der Waals surface area contributed by atoms with E-state index in [1.54, 1.807) is 7.11 Å². The van der Waals surface area contributed by atoms with E-state index < -0.39 is 0 Å². The van der Waals surface area contributed by atoms with Gasteiger partial charge in [-0.1, -0.05) is 32.4 Å². The van der Waals surface area contributed by atoms with Gasteiger partial charge >= 0.3 is 0 Å². The third-order valence-electron chi connectivity index (χ3n) is 3.46. The van der Waals surface area contributed by atoms with Crippen molar-refractivity contribution in [2.45, 2.75) is 26.8 Å². The highest BCUT2D eigenvalue weighted by Crippen LogP contribution is 2.39. The van der Waals surface area contributed by atoms with Crippen molar-refractivity contribution in [1.82, 2.24) is 5.32 Å². The molecule has 0 radical (unpaired) electrons. The molecule has 0 aromatic heterocycles. The van der Waals surface area contributed by atoms with Crippen molar-refractivity contribution in [3.05, 3.63) is 27.2 Å². The molecular formula is C14H21BrClNO. The molecule has 0 spiro atoms. The van der Waals surface area contributed by atoms with Crippen LogP contribution in [0.1, 0.15) is 32.4 Å². The lowest BCUT2D eigenvalue weighted by Crippen LogP contribution is -2.27. The molecule has 1 aromatic carbocycles. The summed E-state index contributed by atoms with van der Waals surface area (Å²) in [4.78, 5) is 0. The van der Waals surface area contributed by atoms with Crippen LogP contribution in [0.2, 0.25) is 5.02 Å². The zero-order chi connectivity index (χ0) is 13.9. The average molecular weight is 335 g/mol. The highest BCUT2D eigenvalue weighted by molar-refractivity contribution is 9.10. The summed E-state index contributed by atoms with van der Waals surface area (Å²) < 4.78 is 6.39. The summed E-state index contributed by atoms with van der Waals surface area (Å²) in [6.45, 7) is 6.68. The van der Waals surface area contributed by atoms with Gasteiger partial charge in [0.05, 0.1) is 11.6 Å². The van der Waals surface area contributed by atoms with Gasteiger partial charge in [0.15, 0.2) is 0 Å². The molecule has 0 aliphatic heterocycles. The smallest absolute Gasteiger partial charge is 0.137 e. The molecular weight excluding hydrogens is 314 g/mol. The Hall–Kier alpha value is -0.250. The number of methoxy groups -OCH3 is 1. The van der Waals surface area contributed by atoms with Gasteiger partial charge in [-0.05, 0) is 46.9 Å². The fourth-order valence-electron chi connectivity index (χ4n) is 2.11. The lowest BCUT2D eigenvalue weighted by Gasteiger charge is -2.28. The van der Waals surface area contributed by atoms with E-state index in [1.807, 2.05) is 19.2 Å². The van der Waals surface area contributed by atoms with Crippen molar-refractivity contribution < 1.29 is 4.74 Å². The summed E-state index contributed by atoms with van der Waals surface area (Å²) in [5.74, 6) is 1.91. The van der Waals surface area contributed by atoms with Gasteiger partial charge in [0.2, 0.25) is 0 Å². The third-order valence-corrected chi connectivity index (χ3v) is 4.27. The molecule has 1 N–H and O–H groups in total. The topological polar surface area (TPSA) is 21.3 Å². The highest BCUT2D eigenvalue weighted by atomic mass is 79.9. The second-order valence-electron chi connectivity index (χ2n) is 4.88. The maximum absolute atomic E-state index is 6.15. The molecule has 102 valence electrons. The van der Waals surface area contributed by atoms with Crippen molar-refractivity contribution >= 4 is 27.5 Å². The molecule has 0 bridgehead atoms. The van der Waals surface area contributed by atoms with Gasteiger partial charge in [-0.2, -0.15) is 0 Å². The van der Waals surface area contributed by atoms with Gasteiger partial charge in [-0.15, -0.1) is 0 Å². The Kier molecular flexibility index (Phi) is 5.96. The third kappa shape index (κ3) is 3.40. The Morgan fingerprint density at radius 3 is 2.33 bits per heavy atom. The first-order valence-electron chi connectivity index (χ1n) is 6.12. The van der Waals surface area contributed by atoms with Crippen LogP contribution in [0.15, 0.2) is 16.6 Å². The zero-order valence-corrected chi connectivity index (χ0v) is 13.9. The van der Waals surface area contributed by atoms with E-state index in [0.717, 1.165) is 15.8 Å². The van der Waals surface area contributed by atoms with Crippen LogP contribution in [0, 0.1) is 11.8 Å². The molecule has 18 heavy (non-hydrogen) atoms. The summed E-state index contributed by atoms with van der Waals surface area (Å²) in [6, 6.07) is 4.05. The normalized spacial score (nSPS) is 14.7. The average Bonchev–Trinajstić information content (AvgIpc) is 2.29. The van der Waals surface area contributed by atoms with Crippen LogP contribution in [0.3, 0.4) is 0 Å². The number of halogens is 2. The molecule has 1 rings (SSSR count). The van der Waals surface area contributed by atoms with Crippen LogP contribution < -0.4 is 10.1 Å². The van der Waals surface area contributed by atoms with Gasteiger partial charge < -0.3 is 10.1 Å². The minimum atomic E-state index is 0.218. The van der Waals surface area contributed by atoms with Gasteiger partial charge in [-0.3, -0.25) is 0 Å². The van der Waals surface area contributed by atoms with Crippen LogP contribution >= 0.6 is 27.5 Å². The van der Waals surface area contributed by atoms with Crippen molar-refractivity contribution in [1.29, 1.82) is 0 Å². The van der Waals surface area contributed by atoms with Crippen molar-refractivity contribution in [2.75, 3.05) is 14.2 Å². The van der Waals surface area contributed by atoms with E-state index in [9.17, 15) is 0 Å². The first-order valence-corrected chi connectivity index (χ1v) is 7.29. The first-order chi connectivity index (χ1) is 8.42. The van der Waals surface area contributed by atoms with Gasteiger partial charge in [0.1, 0.15) is 5.75 Å². The Balaban J connectivity index is 3.28. The largest absolute Gasteiger partial charge is 0.495 e. The minimum Gasteiger partial charge on any atom is -0.495 e. The number of rotatable bonds is 5. The predicted molar refractivity (Wildman–Crippen MR) is 81.5 cm³/mol. The Morgan fingerprint density at radius 1 is 1.28 bits per heavy atom. The lowest BCUT2D eigenvalue weighted by molar-refractivity contribution is 0.306. The number of benzene rings is 1. The molecule has 2 atom stereocenters. The predicted octanol–water partition coefficient (Wildman–Crippen LogP) is 4.66. The number of nitrogens with one attached hydrogen (secondary N) is 1. The number of hydrogen-bond acceptors (Lipinski definition) is 2. The van der Waals surface area contributed by atoms with E-state index in [-0.39, 0.29) is 6.04 Å². The van der Waals surface area contributed by atoms with Crippen LogP contribution in [0.5, 0.6) is 5.75 Å².